The first-order valence-corrected chi connectivity index (χ1v) is 11.2. The quantitative estimate of drug-likeness (QED) is 0.252. The zero-order chi connectivity index (χ0) is 24.6. The van der Waals surface area contributed by atoms with E-state index in [1.165, 1.54) is 4.68 Å². The molecule has 0 fully saturated rings. The number of para-hydroxylation sites is 1. The lowest BCUT2D eigenvalue weighted by Gasteiger charge is -2.12. The zero-order valence-corrected chi connectivity index (χ0v) is 19.3. The molecule has 4 nitrogen and oxygen atoms in total. The van der Waals surface area contributed by atoms with E-state index in [0.717, 1.165) is 11.6 Å². The number of alkyl halides is 3. The second-order valence-electron chi connectivity index (χ2n) is 8.02. The van der Waals surface area contributed by atoms with Crippen LogP contribution in [0.1, 0.15) is 16.8 Å². The van der Waals surface area contributed by atoms with Crippen molar-refractivity contribution < 1.29 is 17.9 Å². The second kappa shape index (κ2) is 9.07. The molecule has 0 saturated heterocycles. The van der Waals surface area contributed by atoms with Crippen molar-refractivity contribution in [3.63, 3.8) is 0 Å². The predicted octanol–water partition coefficient (Wildman–Crippen LogP) is 7.65. The Bertz CT molecular complexity index is 1480. The third kappa shape index (κ3) is 4.72. The van der Waals surface area contributed by atoms with E-state index in [1.54, 1.807) is 67.6 Å². The Kier molecular flexibility index (Phi) is 5.94. The molecular formula is C27H19ClF3N3O. The van der Waals surface area contributed by atoms with E-state index < -0.39 is 11.7 Å². The average molecular weight is 494 g/mol. The molecule has 3 aromatic carbocycles. The van der Waals surface area contributed by atoms with Crippen LogP contribution in [0.2, 0.25) is 5.02 Å². The lowest BCUT2D eigenvalue weighted by Crippen LogP contribution is -2.08. The number of hydrogen-bond donors (Lipinski definition) is 0. The summed E-state index contributed by atoms with van der Waals surface area (Å²) in [6, 6.07) is 24.2. The van der Waals surface area contributed by atoms with Gasteiger partial charge in [0.2, 0.25) is 0 Å². The molecule has 0 aliphatic carbocycles. The molecule has 0 aliphatic heterocycles. The number of hydrogen-bond acceptors (Lipinski definition) is 3. The monoisotopic (exact) mass is 493 g/mol. The zero-order valence-electron chi connectivity index (χ0n) is 18.6. The standard InChI is InChI=1S/C27H19ClF3N3O/c1-17-25-23(27(29,30)31)15-24(32-26(25)34(33-17)21-5-3-2-4-6-21)19-9-13-22(14-10-19)35-16-18-7-11-20(28)12-8-18/h2-15H,16H2,1H3. The van der Waals surface area contributed by atoms with Crippen molar-refractivity contribution >= 4 is 22.6 Å². The molecule has 0 atom stereocenters. The molecule has 0 unspecified atom stereocenters. The van der Waals surface area contributed by atoms with Gasteiger partial charge in [0.1, 0.15) is 12.4 Å². The van der Waals surface area contributed by atoms with Gasteiger partial charge in [-0.3, -0.25) is 0 Å². The number of benzene rings is 3. The van der Waals surface area contributed by atoms with Crippen LogP contribution in [0.25, 0.3) is 28.0 Å². The van der Waals surface area contributed by atoms with Gasteiger partial charge in [-0.15, -0.1) is 0 Å². The number of ether oxygens (including phenoxy) is 1. The molecular weight excluding hydrogens is 475 g/mol. The first-order valence-electron chi connectivity index (χ1n) is 10.8. The third-order valence-corrected chi connectivity index (χ3v) is 5.84. The van der Waals surface area contributed by atoms with E-state index >= 15 is 0 Å². The Morgan fingerprint density at radius 1 is 0.914 bits per heavy atom. The number of pyridine rings is 1. The van der Waals surface area contributed by atoms with Gasteiger partial charge >= 0.3 is 6.18 Å². The van der Waals surface area contributed by atoms with Crippen molar-refractivity contribution in [2.24, 2.45) is 0 Å². The van der Waals surface area contributed by atoms with Crippen molar-refractivity contribution in [3.8, 4) is 22.7 Å². The largest absolute Gasteiger partial charge is 0.489 e. The van der Waals surface area contributed by atoms with Gasteiger partial charge in [-0.1, -0.05) is 41.9 Å². The maximum atomic E-state index is 14.1. The molecule has 5 rings (SSSR count). The first kappa shape index (κ1) is 22.9. The van der Waals surface area contributed by atoms with E-state index in [-0.39, 0.29) is 22.4 Å². The summed E-state index contributed by atoms with van der Waals surface area (Å²) in [4.78, 5) is 4.60. The Morgan fingerprint density at radius 3 is 2.26 bits per heavy atom. The molecule has 5 aromatic rings. The van der Waals surface area contributed by atoms with Gasteiger partial charge in [0.25, 0.3) is 0 Å². The van der Waals surface area contributed by atoms with Gasteiger partial charge in [0.15, 0.2) is 5.65 Å². The van der Waals surface area contributed by atoms with Crippen molar-refractivity contribution in [1.29, 1.82) is 0 Å². The van der Waals surface area contributed by atoms with E-state index in [1.807, 2.05) is 18.2 Å². The summed E-state index contributed by atoms with van der Waals surface area (Å²) in [5.41, 5.74) is 1.98. The average Bonchev–Trinajstić information content (AvgIpc) is 3.20. The van der Waals surface area contributed by atoms with Crippen molar-refractivity contribution in [3.05, 3.63) is 107 Å². The van der Waals surface area contributed by atoms with Crippen molar-refractivity contribution in [2.45, 2.75) is 19.7 Å². The summed E-state index contributed by atoms with van der Waals surface area (Å²) < 4.78 is 49.4. The molecule has 35 heavy (non-hydrogen) atoms. The van der Waals surface area contributed by atoms with E-state index in [0.29, 0.717) is 28.6 Å². The number of halogens is 4. The molecule has 2 aromatic heterocycles. The van der Waals surface area contributed by atoms with Crippen LogP contribution in [0, 0.1) is 6.92 Å². The van der Waals surface area contributed by atoms with E-state index in [2.05, 4.69) is 10.1 Å². The predicted molar refractivity (Wildman–Crippen MR) is 130 cm³/mol. The maximum absolute atomic E-state index is 14.1. The van der Waals surface area contributed by atoms with Crippen LogP contribution >= 0.6 is 11.6 Å². The summed E-state index contributed by atoms with van der Waals surface area (Å²) in [5, 5.41) is 5.00. The normalized spacial score (nSPS) is 11.7. The van der Waals surface area contributed by atoms with Crippen LogP contribution in [-0.4, -0.2) is 14.8 Å². The van der Waals surface area contributed by atoms with Crippen LogP contribution in [0.15, 0.2) is 84.9 Å². The van der Waals surface area contributed by atoms with Gasteiger partial charge in [0.05, 0.1) is 28.0 Å². The molecule has 0 amide bonds. The van der Waals surface area contributed by atoms with Crippen molar-refractivity contribution in [1.82, 2.24) is 14.8 Å². The molecule has 2 heterocycles. The fourth-order valence-corrected chi connectivity index (χ4v) is 4.00. The molecule has 0 saturated carbocycles. The SMILES string of the molecule is Cc1nn(-c2ccccc2)c2nc(-c3ccc(OCc4ccc(Cl)cc4)cc3)cc(C(F)(F)F)c12. The topological polar surface area (TPSA) is 39.9 Å². The molecule has 0 aliphatic rings. The molecule has 8 heteroatoms. The lowest BCUT2D eigenvalue weighted by molar-refractivity contribution is -0.136. The second-order valence-corrected chi connectivity index (χ2v) is 8.46. The summed E-state index contributed by atoms with van der Waals surface area (Å²) >= 11 is 5.90. The van der Waals surface area contributed by atoms with Gasteiger partial charge < -0.3 is 4.74 Å². The minimum absolute atomic E-state index is 0.00646. The molecule has 176 valence electrons. The fraction of sp³-hybridized carbons (Fsp3) is 0.111. The highest BCUT2D eigenvalue weighted by molar-refractivity contribution is 6.30. The molecule has 0 N–H and O–H groups in total. The van der Waals surface area contributed by atoms with Gasteiger partial charge in [0, 0.05) is 10.6 Å². The summed E-state index contributed by atoms with van der Waals surface area (Å²) in [7, 11) is 0. The summed E-state index contributed by atoms with van der Waals surface area (Å²) in [6.45, 7) is 1.90. The Hall–Kier alpha value is -3.84. The van der Waals surface area contributed by atoms with E-state index in [4.69, 9.17) is 16.3 Å². The minimum atomic E-state index is -4.56. The molecule has 0 radical (unpaired) electrons. The summed E-state index contributed by atoms with van der Waals surface area (Å²) in [6.07, 6.45) is -4.56. The van der Waals surface area contributed by atoms with Gasteiger partial charge in [-0.2, -0.15) is 18.3 Å². The maximum Gasteiger partial charge on any atom is 0.417 e. The van der Waals surface area contributed by atoms with Crippen LogP contribution in [0.5, 0.6) is 5.75 Å². The van der Waals surface area contributed by atoms with Crippen LogP contribution in [0.3, 0.4) is 0 Å². The Morgan fingerprint density at radius 2 is 1.60 bits per heavy atom. The highest BCUT2D eigenvalue weighted by Gasteiger charge is 2.35. The van der Waals surface area contributed by atoms with Crippen LogP contribution in [0.4, 0.5) is 13.2 Å². The van der Waals surface area contributed by atoms with Crippen LogP contribution < -0.4 is 4.74 Å². The fourth-order valence-electron chi connectivity index (χ4n) is 3.88. The number of fused-ring (bicyclic) bond motifs is 1. The summed E-state index contributed by atoms with van der Waals surface area (Å²) in [5.74, 6) is 0.589. The highest BCUT2D eigenvalue weighted by atomic mass is 35.5. The number of aryl methyl sites for hydroxylation is 1. The number of aromatic nitrogens is 3. The highest BCUT2D eigenvalue weighted by Crippen LogP contribution is 2.38. The van der Waals surface area contributed by atoms with Crippen molar-refractivity contribution in [2.75, 3.05) is 0 Å². The van der Waals surface area contributed by atoms with E-state index in [9.17, 15) is 13.2 Å². The van der Waals surface area contributed by atoms with Crippen LogP contribution in [-0.2, 0) is 12.8 Å². The number of rotatable bonds is 5. The molecule has 0 spiro atoms. The molecule has 0 bridgehead atoms. The Labute approximate surface area is 204 Å². The lowest BCUT2D eigenvalue weighted by atomic mass is 10.0. The van der Waals surface area contributed by atoms with Gasteiger partial charge in [-0.25, -0.2) is 9.67 Å². The minimum Gasteiger partial charge on any atom is -0.489 e. The third-order valence-electron chi connectivity index (χ3n) is 5.59. The Balaban J connectivity index is 1.53. The number of nitrogens with zero attached hydrogens (tertiary/aromatic N) is 3. The van der Waals surface area contributed by atoms with Gasteiger partial charge in [-0.05, 0) is 67.1 Å². The first-order chi connectivity index (χ1) is 16.8. The smallest absolute Gasteiger partial charge is 0.417 e.